The number of carbonyl (C=O) groups is 2. The van der Waals surface area contributed by atoms with Gasteiger partial charge in [-0.1, -0.05) is 0 Å². The van der Waals surface area contributed by atoms with Crippen molar-refractivity contribution >= 4 is 11.9 Å². The van der Waals surface area contributed by atoms with E-state index in [1.54, 1.807) is 0 Å². The van der Waals surface area contributed by atoms with Crippen molar-refractivity contribution in [1.29, 1.82) is 0 Å². The molecule has 2 atom stereocenters. The minimum absolute atomic E-state index is 0.00634. The number of piperidine rings is 1. The van der Waals surface area contributed by atoms with Crippen LogP contribution in [0.5, 0.6) is 0 Å². The van der Waals surface area contributed by atoms with Crippen LogP contribution in [0.25, 0.3) is 0 Å². The Hall–Kier alpha value is -1.30. The molecule has 3 aliphatic rings. The lowest BCUT2D eigenvalue weighted by atomic mass is 10.0. The fraction of sp³-hybridized carbons (Fsp3) is 0.875. The first-order chi connectivity index (χ1) is 10.7. The van der Waals surface area contributed by atoms with Crippen LogP contribution in [0.2, 0.25) is 0 Å². The second-order valence-corrected chi connectivity index (χ2v) is 6.61. The van der Waals surface area contributed by atoms with Gasteiger partial charge < -0.3 is 19.9 Å². The summed E-state index contributed by atoms with van der Waals surface area (Å²) in [6.07, 6.45) is 7.11. The molecule has 0 radical (unpaired) electrons. The minimum atomic E-state index is 0.00634. The van der Waals surface area contributed by atoms with Crippen LogP contribution in [-0.2, 0) is 9.53 Å². The third-order valence-corrected chi connectivity index (χ3v) is 5.00. The first kappa shape index (κ1) is 15.6. The predicted octanol–water partition coefficient (Wildman–Crippen LogP) is 1.35. The van der Waals surface area contributed by atoms with E-state index in [2.05, 4.69) is 5.32 Å². The molecule has 0 aromatic rings. The number of nitrogens with one attached hydrogen (secondary N) is 1. The molecule has 0 bridgehead atoms. The van der Waals surface area contributed by atoms with Crippen molar-refractivity contribution in [1.82, 2.24) is 15.1 Å². The van der Waals surface area contributed by atoms with E-state index in [1.165, 1.54) is 0 Å². The highest BCUT2D eigenvalue weighted by Crippen LogP contribution is 2.21. The Kier molecular flexibility index (Phi) is 5.18. The van der Waals surface area contributed by atoms with Crippen LogP contribution in [0.1, 0.15) is 44.9 Å². The fourth-order valence-corrected chi connectivity index (χ4v) is 3.72. The number of amides is 3. The second-order valence-electron chi connectivity index (χ2n) is 6.61. The number of rotatable bonds is 4. The first-order valence-corrected chi connectivity index (χ1v) is 8.68. The van der Waals surface area contributed by atoms with Gasteiger partial charge in [0.1, 0.15) is 0 Å². The van der Waals surface area contributed by atoms with Gasteiger partial charge in [0.05, 0.1) is 12.1 Å². The molecule has 0 unspecified atom stereocenters. The SMILES string of the molecule is O=C1CCCN1C[C@@H]1CCCCN1C(=O)NC[C@@H]1CCCO1. The van der Waals surface area contributed by atoms with Crippen molar-refractivity contribution < 1.29 is 14.3 Å². The highest BCUT2D eigenvalue weighted by atomic mass is 16.5. The minimum Gasteiger partial charge on any atom is -0.376 e. The van der Waals surface area contributed by atoms with E-state index in [0.717, 1.165) is 58.2 Å². The van der Waals surface area contributed by atoms with E-state index in [4.69, 9.17) is 4.74 Å². The molecule has 0 aliphatic carbocycles. The van der Waals surface area contributed by atoms with Crippen molar-refractivity contribution in [3.63, 3.8) is 0 Å². The van der Waals surface area contributed by atoms with Crippen LogP contribution in [0.15, 0.2) is 0 Å². The maximum absolute atomic E-state index is 12.5. The molecule has 0 saturated carbocycles. The molecule has 6 heteroatoms. The van der Waals surface area contributed by atoms with E-state index in [9.17, 15) is 9.59 Å². The summed E-state index contributed by atoms with van der Waals surface area (Å²) in [5.74, 6) is 0.241. The van der Waals surface area contributed by atoms with Gasteiger partial charge >= 0.3 is 6.03 Å². The molecule has 0 spiro atoms. The van der Waals surface area contributed by atoms with Crippen molar-refractivity contribution in [2.24, 2.45) is 0 Å². The molecule has 3 amide bonds. The molecule has 3 saturated heterocycles. The Bertz CT molecular complexity index is 409. The van der Waals surface area contributed by atoms with E-state index < -0.39 is 0 Å². The van der Waals surface area contributed by atoms with Crippen LogP contribution < -0.4 is 5.32 Å². The predicted molar refractivity (Wildman–Crippen MR) is 82.5 cm³/mol. The maximum Gasteiger partial charge on any atom is 0.317 e. The molecular weight excluding hydrogens is 282 g/mol. The molecule has 6 nitrogen and oxygen atoms in total. The van der Waals surface area contributed by atoms with Crippen LogP contribution in [0.3, 0.4) is 0 Å². The van der Waals surface area contributed by atoms with Crippen molar-refractivity contribution in [2.45, 2.75) is 57.1 Å². The van der Waals surface area contributed by atoms with Gasteiger partial charge in [0, 0.05) is 39.2 Å². The highest BCUT2D eigenvalue weighted by molar-refractivity contribution is 5.78. The average molecular weight is 309 g/mol. The topological polar surface area (TPSA) is 61.9 Å². The van der Waals surface area contributed by atoms with E-state index in [-0.39, 0.29) is 24.1 Å². The number of hydrogen-bond acceptors (Lipinski definition) is 3. The molecular formula is C16H27N3O3. The smallest absolute Gasteiger partial charge is 0.317 e. The number of ether oxygens (including phenoxy) is 1. The van der Waals surface area contributed by atoms with Gasteiger partial charge in [-0.05, 0) is 38.5 Å². The normalized spacial score (nSPS) is 29.2. The van der Waals surface area contributed by atoms with Gasteiger partial charge in [-0.3, -0.25) is 4.79 Å². The zero-order valence-corrected chi connectivity index (χ0v) is 13.3. The molecule has 3 rings (SSSR count). The lowest BCUT2D eigenvalue weighted by Crippen LogP contribution is -2.53. The highest BCUT2D eigenvalue weighted by Gasteiger charge is 2.31. The average Bonchev–Trinajstić information content (AvgIpc) is 3.18. The zero-order chi connectivity index (χ0) is 15.4. The summed E-state index contributed by atoms with van der Waals surface area (Å²) in [6.45, 7) is 3.76. The molecule has 0 aromatic carbocycles. The zero-order valence-electron chi connectivity index (χ0n) is 13.3. The number of carbonyl (C=O) groups excluding carboxylic acids is 2. The summed E-state index contributed by atoms with van der Waals surface area (Å²) in [4.78, 5) is 28.2. The van der Waals surface area contributed by atoms with Crippen LogP contribution in [0, 0.1) is 0 Å². The molecule has 22 heavy (non-hydrogen) atoms. The second kappa shape index (κ2) is 7.31. The molecule has 1 N–H and O–H groups in total. The van der Waals surface area contributed by atoms with E-state index in [1.807, 2.05) is 9.80 Å². The lowest BCUT2D eigenvalue weighted by molar-refractivity contribution is -0.128. The number of hydrogen-bond donors (Lipinski definition) is 1. The van der Waals surface area contributed by atoms with Gasteiger partial charge in [0.2, 0.25) is 5.91 Å². The molecule has 3 fully saturated rings. The van der Waals surface area contributed by atoms with Gasteiger partial charge in [-0.2, -0.15) is 0 Å². The van der Waals surface area contributed by atoms with Gasteiger partial charge in [-0.25, -0.2) is 4.79 Å². The summed E-state index contributed by atoms with van der Waals surface area (Å²) in [6, 6.07) is 0.173. The Morgan fingerprint density at radius 2 is 2.09 bits per heavy atom. The Morgan fingerprint density at radius 3 is 2.82 bits per heavy atom. The van der Waals surface area contributed by atoms with Gasteiger partial charge in [0.15, 0.2) is 0 Å². The van der Waals surface area contributed by atoms with Crippen LogP contribution in [0.4, 0.5) is 4.79 Å². The number of urea groups is 1. The largest absolute Gasteiger partial charge is 0.376 e. The van der Waals surface area contributed by atoms with Crippen LogP contribution in [-0.4, -0.2) is 66.7 Å². The summed E-state index contributed by atoms with van der Waals surface area (Å²) in [5, 5.41) is 3.02. The molecule has 124 valence electrons. The Morgan fingerprint density at radius 1 is 1.18 bits per heavy atom. The fourth-order valence-electron chi connectivity index (χ4n) is 3.72. The Balaban J connectivity index is 1.51. The quantitative estimate of drug-likeness (QED) is 0.853. The molecule has 3 heterocycles. The van der Waals surface area contributed by atoms with E-state index in [0.29, 0.717) is 19.5 Å². The summed E-state index contributed by atoms with van der Waals surface area (Å²) >= 11 is 0. The van der Waals surface area contributed by atoms with E-state index >= 15 is 0 Å². The standard InChI is InChI=1S/C16H27N3O3/c20-15-7-3-8-18(15)12-13-5-1-2-9-19(13)16(21)17-11-14-6-4-10-22-14/h13-14H,1-12H2,(H,17,21)/t13-,14-/m0/s1. The lowest BCUT2D eigenvalue weighted by Gasteiger charge is -2.38. The van der Waals surface area contributed by atoms with Crippen molar-refractivity contribution in [2.75, 3.05) is 32.8 Å². The summed E-state index contributed by atoms with van der Waals surface area (Å²) in [5.41, 5.74) is 0. The van der Waals surface area contributed by atoms with Crippen LogP contribution >= 0.6 is 0 Å². The monoisotopic (exact) mass is 309 g/mol. The maximum atomic E-state index is 12.5. The third-order valence-electron chi connectivity index (χ3n) is 5.00. The number of likely N-dealkylation sites (tertiary alicyclic amines) is 2. The van der Waals surface area contributed by atoms with Gasteiger partial charge in [-0.15, -0.1) is 0 Å². The van der Waals surface area contributed by atoms with Crippen molar-refractivity contribution in [3.05, 3.63) is 0 Å². The first-order valence-electron chi connectivity index (χ1n) is 8.68. The summed E-state index contributed by atoms with van der Waals surface area (Å²) in [7, 11) is 0. The van der Waals surface area contributed by atoms with Gasteiger partial charge in [0.25, 0.3) is 0 Å². The van der Waals surface area contributed by atoms with Crippen molar-refractivity contribution in [3.8, 4) is 0 Å². The number of nitrogens with zero attached hydrogens (tertiary/aromatic N) is 2. The summed E-state index contributed by atoms with van der Waals surface area (Å²) < 4.78 is 5.55. The Labute approximate surface area is 132 Å². The molecule has 3 aliphatic heterocycles. The molecule has 0 aromatic heterocycles. The third kappa shape index (κ3) is 3.72.